The minimum absolute atomic E-state index is 0.0932. The standard InChI is InChI=1S/C17H25NO6/c1-17(2,3)24-16(22)18-8-7-14(20)15(21)13-9-12(23-4)6-5-11(13)10-19/h5-6,9-10,14-15,20-21H,7-8H2,1-4H3,(H,18,22). The summed E-state index contributed by atoms with van der Waals surface area (Å²) in [6.45, 7) is 5.35. The number of carbonyl (C=O) groups excluding carboxylic acids is 2. The second kappa shape index (κ2) is 8.65. The van der Waals surface area contributed by atoms with Gasteiger partial charge in [-0.15, -0.1) is 0 Å². The van der Waals surface area contributed by atoms with Gasteiger partial charge in [0.25, 0.3) is 0 Å². The van der Waals surface area contributed by atoms with Gasteiger partial charge in [0.2, 0.25) is 0 Å². The lowest BCUT2D eigenvalue weighted by Crippen LogP contribution is -2.34. The number of aldehydes is 1. The zero-order chi connectivity index (χ0) is 18.3. The van der Waals surface area contributed by atoms with Crippen molar-refractivity contribution >= 4 is 12.4 Å². The van der Waals surface area contributed by atoms with Gasteiger partial charge in [-0.25, -0.2) is 4.79 Å². The van der Waals surface area contributed by atoms with Crippen LogP contribution >= 0.6 is 0 Å². The molecule has 0 saturated carbocycles. The maximum atomic E-state index is 11.5. The van der Waals surface area contributed by atoms with Crippen LogP contribution in [-0.4, -0.2) is 48.0 Å². The molecular formula is C17H25NO6. The van der Waals surface area contributed by atoms with E-state index < -0.39 is 23.9 Å². The van der Waals surface area contributed by atoms with Crippen LogP contribution < -0.4 is 10.1 Å². The van der Waals surface area contributed by atoms with Gasteiger partial charge in [0.15, 0.2) is 0 Å². The third-order valence-electron chi connectivity index (χ3n) is 3.21. The van der Waals surface area contributed by atoms with Gasteiger partial charge in [-0.2, -0.15) is 0 Å². The average Bonchev–Trinajstić information content (AvgIpc) is 2.51. The summed E-state index contributed by atoms with van der Waals surface area (Å²) in [7, 11) is 1.47. The van der Waals surface area contributed by atoms with E-state index in [1.165, 1.54) is 19.2 Å². The summed E-state index contributed by atoms with van der Waals surface area (Å²) in [6, 6.07) is 4.60. The van der Waals surface area contributed by atoms with Gasteiger partial charge in [0.1, 0.15) is 23.7 Å². The molecule has 0 bridgehead atoms. The Balaban J connectivity index is 2.63. The molecule has 0 fully saturated rings. The number of benzene rings is 1. The highest BCUT2D eigenvalue weighted by atomic mass is 16.6. The van der Waals surface area contributed by atoms with Gasteiger partial charge < -0.3 is 25.0 Å². The van der Waals surface area contributed by atoms with Gasteiger partial charge in [-0.1, -0.05) is 0 Å². The first-order chi connectivity index (χ1) is 11.2. The molecule has 2 unspecified atom stereocenters. The number of hydrogen-bond donors (Lipinski definition) is 3. The first-order valence-corrected chi connectivity index (χ1v) is 7.64. The fourth-order valence-electron chi connectivity index (χ4n) is 2.04. The number of alkyl carbamates (subject to hydrolysis) is 1. The van der Waals surface area contributed by atoms with E-state index in [1.807, 2.05) is 0 Å². The second-order valence-corrected chi connectivity index (χ2v) is 6.34. The van der Waals surface area contributed by atoms with Crippen LogP contribution in [0, 0.1) is 0 Å². The SMILES string of the molecule is COc1ccc(C=O)c(C(O)C(O)CCNC(=O)OC(C)(C)C)c1. The van der Waals surface area contributed by atoms with E-state index in [9.17, 15) is 19.8 Å². The van der Waals surface area contributed by atoms with Crippen LogP contribution in [0.1, 0.15) is 49.2 Å². The molecule has 0 heterocycles. The molecule has 0 radical (unpaired) electrons. The summed E-state index contributed by atoms with van der Waals surface area (Å²) in [4.78, 5) is 22.6. The van der Waals surface area contributed by atoms with Crippen molar-refractivity contribution in [2.24, 2.45) is 0 Å². The first kappa shape index (κ1) is 19.9. The molecule has 0 saturated heterocycles. The molecule has 24 heavy (non-hydrogen) atoms. The van der Waals surface area contributed by atoms with Gasteiger partial charge in [-0.05, 0) is 51.0 Å². The molecule has 0 aliphatic heterocycles. The molecule has 2 atom stereocenters. The van der Waals surface area contributed by atoms with Crippen molar-refractivity contribution < 1.29 is 29.3 Å². The Kier molecular flexibility index (Phi) is 7.18. The van der Waals surface area contributed by atoms with Gasteiger partial charge in [0, 0.05) is 12.1 Å². The van der Waals surface area contributed by atoms with Crippen LogP contribution in [0.25, 0.3) is 0 Å². The number of carbonyl (C=O) groups is 2. The van der Waals surface area contributed by atoms with E-state index in [0.717, 1.165) is 0 Å². The molecule has 3 N–H and O–H groups in total. The summed E-state index contributed by atoms with van der Waals surface area (Å²) in [5.41, 5.74) is -0.0710. The van der Waals surface area contributed by atoms with Crippen molar-refractivity contribution in [1.82, 2.24) is 5.32 Å². The van der Waals surface area contributed by atoms with E-state index in [2.05, 4.69) is 5.32 Å². The third kappa shape index (κ3) is 6.17. The highest BCUT2D eigenvalue weighted by Crippen LogP contribution is 2.26. The zero-order valence-corrected chi connectivity index (χ0v) is 14.4. The van der Waals surface area contributed by atoms with Crippen molar-refractivity contribution in [3.63, 3.8) is 0 Å². The van der Waals surface area contributed by atoms with Crippen LogP contribution in [-0.2, 0) is 4.74 Å². The van der Waals surface area contributed by atoms with Crippen LogP contribution in [0.3, 0.4) is 0 Å². The maximum Gasteiger partial charge on any atom is 0.407 e. The molecular weight excluding hydrogens is 314 g/mol. The summed E-state index contributed by atoms with van der Waals surface area (Å²) in [5, 5.41) is 22.9. The molecule has 7 heteroatoms. The van der Waals surface area contributed by atoms with E-state index in [-0.39, 0.29) is 24.1 Å². The summed E-state index contributed by atoms with van der Waals surface area (Å²) < 4.78 is 10.1. The molecule has 1 aromatic rings. The molecule has 1 amide bonds. The highest BCUT2D eigenvalue weighted by molar-refractivity contribution is 5.78. The van der Waals surface area contributed by atoms with E-state index in [4.69, 9.17) is 9.47 Å². The summed E-state index contributed by atoms with van der Waals surface area (Å²) >= 11 is 0. The van der Waals surface area contributed by atoms with Crippen molar-refractivity contribution in [2.75, 3.05) is 13.7 Å². The second-order valence-electron chi connectivity index (χ2n) is 6.34. The predicted molar refractivity (Wildman–Crippen MR) is 88.2 cm³/mol. The Hall–Kier alpha value is -2.12. The monoisotopic (exact) mass is 339 g/mol. The fraction of sp³-hybridized carbons (Fsp3) is 0.529. The fourth-order valence-corrected chi connectivity index (χ4v) is 2.04. The van der Waals surface area contributed by atoms with Gasteiger partial charge >= 0.3 is 6.09 Å². The van der Waals surface area contributed by atoms with Crippen molar-refractivity contribution in [3.8, 4) is 5.75 Å². The normalized spacial score (nSPS) is 13.8. The van der Waals surface area contributed by atoms with Crippen LogP contribution in [0.2, 0.25) is 0 Å². The van der Waals surface area contributed by atoms with E-state index in [0.29, 0.717) is 12.0 Å². The number of amides is 1. The largest absolute Gasteiger partial charge is 0.497 e. The van der Waals surface area contributed by atoms with Gasteiger partial charge in [-0.3, -0.25) is 4.79 Å². The Morgan fingerprint density at radius 2 is 2.00 bits per heavy atom. The zero-order valence-electron chi connectivity index (χ0n) is 14.4. The summed E-state index contributed by atoms with van der Waals surface area (Å²) in [6.07, 6.45) is -2.34. The number of ether oxygens (including phenoxy) is 2. The Labute approximate surface area is 141 Å². The molecule has 0 aliphatic carbocycles. The lowest BCUT2D eigenvalue weighted by molar-refractivity contribution is 0.0119. The highest BCUT2D eigenvalue weighted by Gasteiger charge is 2.22. The van der Waals surface area contributed by atoms with Crippen LogP contribution in [0.4, 0.5) is 4.79 Å². The quantitative estimate of drug-likeness (QED) is 0.655. The number of hydrogen-bond acceptors (Lipinski definition) is 6. The molecule has 1 aromatic carbocycles. The molecule has 0 aliphatic rings. The Morgan fingerprint density at radius 1 is 1.33 bits per heavy atom. The molecule has 0 spiro atoms. The van der Waals surface area contributed by atoms with E-state index in [1.54, 1.807) is 26.8 Å². The van der Waals surface area contributed by atoms with Crippen LogP contribution in [0.15, 0.2) is 18.2 Å². The van der Waals surface area contributed by atoms with E-state index >= 15 is 0 Å². The molecule has 7 nitrogen and oxygen atoms in total. The Morgan fingerprint density at radius 3 is 2.54 bits per heavy atom. The lowest BCUT2D eigenvalue weighted by atomic mass is 9.97. The molecule has 134 valence electrons. The summed E-state index contributed by atoms with van der Waals surface area (Å²) in [5.74, 6) is 0.466. The third-order valence-corrected chi connectivity index (χ3v) is 3.21. The molecule has 1 rings (SSSR count). The Bertz CT molecular complexity index is 567. The topological polar surface area (TPSA) is 105 Å². The number of aliphatic hydroxyl groups is 2. The number of methoxy groups -OCH3 is 1. The van der Waals surface area contributed by atoms with Crippen molar-refractivity contribution in [1.29, 1.82) is 0 Å². The minimum atomic E-state index is -1.28. The first-order valence-electron chi connectivity index (χ1n) is 7.64. The van der Waals surface area contributed by atoms with Gasteiger partial charge in [0.05, 0.1) is 13.2 Å². The predicted octanol–water partition coefficient (Wildman–Crippen LogP) is 1.82. The number of rotatable bonds is 7. The minimum Gasteiger partial charge on any atom is -0.497 e. The van der Waals surface area contributed by atoms with Crippen LogP contribution in [0.5, 0.6) is 5.75 Å². The molecule has 0 aromatic heterocycles. The number of aliphatic hydroxyl groups excluding tert-OH is 2. The lowest BCUT2D eigenvalue weighted by Gasteiger charge is -2.22. The average molecular weight is 339 g/mol. The van der Waals surface area contributed by atoms with Crippen molar-refractivity contribution in [2.45, 2.75) is 45.0 Å². The number of nitrogens with one attached hydrogen (secondary N) is 1. The smallest absolute Gasteiger partial charge is 0.407 e. The maximum absolute atomic E-state index is 11.5. The van der Waals surface area contributed by atoms with Crippen molar-refractivity contribution in [3.05, 3.63) is 29.3 Å².